The summed E-state index contributed by atoms with van der Waals surface area (Å²) in [6, 6.07) is 0. The molecule has 0 aliphatic heterocycles. The van der Waals surface area contributed by atoms with Gasteiger partial charge < -0.3 is 25.8 Å². The van der Waals surface area contributed by atoms with Crippen molar-refractivity contribution in [3.05, 3.63) is 0 Å². The second kappa shape index (κ2) is 5.04. The molecule has 0 aromatic heterocycles. The quantitative estimate of drug-likeness (QED) is 0.367. The predicted molar refractivity (Wildman–Crippen MR) is 39.5 cm³/mol. The van der Waals surface area contributed by atoms with Gasteiger partial charge in [-0.2, -0.15) is 0 Å². The third-order valence-corrected chi connectivity index (χ3v) is 1.24. The van der Waals surface area contributed by atoms with Crippen LogP contribution in [0, 0.1) is 0 Å². The van der Waals surface area contributed by atoms with Gasteiger partial charge in [0, 0.05) is 0 Å². The molecule has 0 fully saturated rings. The number of aliphatic hydroxyl groups excluding tert-OH is 2. The van der Waals surface area contributed by atoms with E-state index in [0.29, 0.717) is 0 Å². The molecule has 12 heavy (non-hydrogen) atoms. The average Bonchev–Trinajstić information content (AvgIpc) is 2.03. The van der Waals surface area contributed by atoms with Crippen LogP contribution in [0.25, 0.3) is 0 Å². The Kier molecular flexibility index (Phi) is 4.75. The van der Waals surface area contributed by atoms with Crippen LogP contribution >= 0.6 is 0 Å². The van der Waals surface area contributed by atoms with Gasteiger partial charge in [0.05, 0.1) is 25.4 Å². The fourth-order valence-electron chi connectivity index (χ4n) is 0.483. The summed E-state index contributed by atoms with van der Waals surface area (Å²) in [5.74, 6) is -1.12. The number of carboxylic acids is 1. The van der Waals surface area contributed by atoms with Crippen molar-refractivity contribution in [2.24, 2.45) is 5.73 Å². The summed E-state index contributed by atoms with van der Waals surface area (Å²) >= 11 is 0. The maximum atomic E-state index is 9.97. The van der Waals surface area contributed by atoms with Crippen molar-refractivity contribution < 1.29 is 24.9 Å². The van der Waals surface area contributed by atoms with Crippen molar-refractivity contribution >= 4 is 5.97 Å². The molecular weight excluding hydrogens is 166 g/mol. The van der Waals surface area contributed by atoms with Crippen LogP contribution in [0.1, 0.15) is 0 Å². The normalized spacial score (nSPS) is 11.6. The van der Waals surface area contributed by atoms with E-state index in [1.807, 2.05) is 0 Å². The van der Waals surface area contributed by atoms with Gasteiger partial charge in [0.2, 0.25) is 0 Å². The summed E-state index contributed by atoms with van der Waals surface area (Å²) < 4.78 is 4.60. The van der Waals surface area contributed by atoms with Gasteiger partial charge in [0.1, 0.15) is 6.61 Å². The maximum absolute atomic E-state index is 9.97. The zero-order chi connectivity index (χ0) is 9.61. The van der Waals surface area contributed by atoms with Crippen LogP contribution in [0.2, 0.25) is 0 Å². The van der Waals surface area contributed by atoms with Gasteiger partial charge in [-0.05, 0) is 0 Å². The van der Waals surface area contributed by atoms with Crippen molar-refractivity contribution in [1.82, 2.24) is 0 Å². The van der Waals surface area contributed by atoms with E-state index in [4.69, 9.17) is 21.1 Å². The van der Waals surface area contributed by atoms with E-state index in [1.165, 1.54) is 0 Å². The monoisotopic (exact) mass is 179 g/mol. The Balaban J connectivity index is 3.65. The van der Waals surface area contributed by atoms with Gasteiger partial charge in [-0.15, -0.1) is 0 Å². The molecule has 0 saturated carbocycles. The lowest BCUT2D eigenvalue weighted by Crippen LogP contribution is -2.51. The SMILES string of the molecule is NC(CO)(CO)COCC(=O)O. The van der Waals surface area contributed by atoms with Crippen molar-refractivity contribution in [2.75, 3.05) is 26.4 Å². The van der Waals surface area contributed by atoms with Crippen molar-refractivity contribution in [3.63, 3.8) is 0 Å². The number of carbonyl (C=O) groups is 1. The van der Waals surface area contributed by atoms with Gasteiger partial charge in [-0.3, -0.25) is 0 Å². The summed E-state index contributed by atoms with van der Waals surface area (Å²) in [6.07, 6.45) is 0. The Hall–Kier alpha value is -0.690. The fraction of sp³-hybridized carbons (Fsp3) is 0.833. The molecular formula is C6H13NO5. The molecule has 0 radical (unpaired) electrons. The number of hydrogen-bond acceptors (Lipinski definition) is 5. The number of rotatable bonds is 6. The molecule has 0 heterocycles. The van der Waals surface area contributed by atoms with Crippen LogP contribution in [0.4, 0.5) is 0 Å². The molecule has 0 rings (SSSR count). The largest absolute Gasteiger partial charge is 0.480 e. The summed E-state index contributed by atoms with van der Waals surface area (Å²) in [6.45, 7) is -1.59. The van der Waals surface area contributed by atoms with E-state index in [0.717, 1.165) is 0 Å². The van der Waals surface area contributed by atoms with Gasteiger partial charge in [-0.1, -0.05) is 0 Å². The van der Waals surface area contributed by atoms with Crippen LogP contribution < -0.4 is 5.73 Å². The van der Waals surface area contributed by atoms with Crippen molar-refractivity contribution in [3.8, 4) is 0 Å². The second-order valence-corrected chi connectivity index (χ2v) is 2.57. The van der Waals surface area contributed by atoms with Crippen LogP contribution in [-0.4, -0.2) is 53.3 Å². The highest BCUT2D eigenvalue weighted by Crippen LogP contribution is 1.98. The molecule has 0 unspecified atom stereocenters. The van der Waals surface area contributed by atoms with Gasteiger partial charge in [0.15, 0.2) is 0 Å². The third kappa shape index (κ3) is 4.24. The highest BCUT2D eigenvalue weighted by molar-refractivity contribution is 5.67. The predicted octanol–water partition coefficient (Wildman–Crippen LogP) is -2.23. The van der Waals surface area contributed by atoms with Gasteiger partial charge >= 0.3 is 5.97 Å². The molecule has 0 aliphatic rings. The van der Waals surface area contributed by atoms with Crippen LogP contribution in [0.5, 0.6) is 0 Å². The molecule has 0 aromatic carbocycles. The van der Waals surface area contributed by atoms with E-state index in [1.54, 1.807) is 0 Å². The molecule has 0 spiro atoms. The molecule has 0 bridgehead atoms. The maximum Gasteiger partial charge on any atom is 0.329 e. The van der Waals surface area contributed by atoms with Crippen LogP contribution in [0.3, 0.4) is 0 Å². The summed E-state index contributed by atoms with van der Waals surface area (Å²) in [4.78, 5) is 9.97. The summed E-state index contributed by atoms with van der Waals surface area (Å²) in [7, 11) is 0. The fourth-order valence-corrected chi connectivity index (χ4v) is 0.483. The van der Waals surface area contributed by atoms with E-state index in [2.05, 4.69) is 4.74 Å². The Morgan fingerprint density at radius 3 is 2.25 bits per heavy atom. The topological polar surface area (TPSA) is 113 Å². The smallest absolute Gasteiger partial charge is 0.329 e. The number of carboxylic acid groups (broad SMARTS) is 1. The molecule has 0 amide bonds. The van der Waals surface area contributed by atoms with E-state index < -0.39 is 31.3 Å². The first-order valence-electron chi connectivity index (χ1n) is 3.34. The molecule has 0 saturated heterocycles. The minimum absolute atomic E-state index is 0.188. The Bertz CT molecular complexity index is 145. The molecule has 0 aliphatic carbocycles. The highest BCUT2D eigenvalue weighted by Gasteiger charge is 2.23. The van der Waals surface area contributed by atoms with Gasteiger partial charge in [0.25, 0.3) is 0 Å². The third-order valence-electron chi connectivity index (χ3n) is 1.24. The Labute approximate surface area is 69.6 Å². The standard InChI is InChI=1S/C6H13NO5/c7-6(2-8,3-9)4-12-1-5(10)11/h8-9H,1-4,7H2,(H,10,11). The summed E-state index contributed by atoms with van der Waals surface area (Å²) in [5, 5.41) is 25.4. The number of hydrogen-bond donors (Lipinski definition) is 4. The molecule has 5 N–H and O–H groups in total. The summed E-state index contributed by atoms with van der Waals surface area (Å²) in [5.41, 5.74) is 4.11. The van der Waals surface area contributed by atoms with E-state index in [-0.39, 0.29) is 6.61 Å². The average molecular weight is 179 g/mol. The minimum Gasteiger partial charge on any atom is -0.480 e. The van der Waals surface area contributed by atoms with Crippen molar-refractivity contribution in [2.45, 2.75) is 5.54 Å². The van der Waals surface area contributed by atoms with Gasteiger partial charge in [-0.25, -0.2) is 4.79 Å². The first-order valence-corrected chi connectivity index (χ1v) is 3.34. The molecule has 0 aromatic rings. The first kappa shape index (κ1) is 11.3. The Morgan fingerprint density at radius 2 is 1.92 bits per heavy atom. The molecule has 6 nitrogen and oxygen atoms in total. The van der Waals surface area contributed by atoms with E-state index >= 15 is 0 Å². The zero-order valence-corrected chi connectivity index (χ0v) is 6.56. The minimum atomic E-state index is -1.25. The lowest BCUT2D eigenvalue weighted by atomic mass is 10.1. The van der Waals surface area contributed by atoms with Crippen LogP contribution in [0.15, 0.2) is 0 Å². The Morgan fingerprint density at radius 1 is 1.42 bits per heavy atom. The van der Waals surface area contributed by atoms with Crippen molar-refractivity contribution in [1.29, 1.82) is 0 Å². The lowest BCUT2D eigenvalue weighted by molar-refractivity contribution is -0.143. The molecule has 72 valence electrons. The molecule has 6 heteroatoms. The van der Waals surface area contributed by atoms with E-state index in [9.17, 15) is 4.79 Å². The highest BCUT2D eigenvalue weighted by atomic mass is 16.5. The first-order chi connectivity index (χ1) is 5.54. The lowest BCUT2D eigenvalue weighted by Gasteiger charge is -2.23. The zero-order valence-electron chi connectivity index (χ0n) is 6.56. The number of aliphatic carboxylic acids is 1. The number of nitrogens with two attached hydrogens (primary N) is 1. The van der Waals surface area contributed by atoms with Crippen LogP contribution in [-0.2, 0) is 9.53 Å². The molecule has 0 atom stereocenters. The number of aliphatic hydroxyl groups is 2. The number of ether oxygens (including phenoxy) is 1. The second-order valence-electron chi connectivity index (χ2n) is 2.57.